The molecule has 1 amide bonds. The van der Waals surface area contributed by atoms with Crippen LogP contribution >= 0.6 is 11.6 Å². The number of anilines is 1. The Balaban J connectivity index is 2.03. The predicted octanol–water partition coefficient (Wildman–Crippen LogP) is 4.12. The van der Waals surface area contributed by atoms with Crippen LogP contribution in [0.1, 0.15) is 27.4 Å². The van der Waals surface area contributed by atoms with E-state index in [4.69, 9.17) is 16.0 Å². The molecule has 0 saturated carbocycles. The van der Waals surface area contributed by atoms with Crippen molar-refractivity contribution < 1.29 is 31.9 Å². The maximum absolute atomic E-state index is 13.1. The quantitative estimate of drug-likeness (QED) is 0.714. The molecule has 0 bridgehead atoms. The number of likely N-dealkylation sites (N-methyl/N-ethyl adjacent to an activating group) is 1. The Labute approximate surface area is 164 Å². The van der Waals surface area contributed by atoms with Gasteiger partial charge < -0.3 is 14.5 Å². The monoisotopic (exact) mass is 418 g/mol. The van der Waals surface area contributed by atoms with Gasteiger partial charge in [-0.05, 0) is 38.2 Å². The van der Waals surface area contributed by atoms with Gasteiger partial charge in [-0.3, -0.25) is 9.69 Å². The second-order valence-electron chi connectivity index (χ2n) is 6.08. The molecule has 2 rings (SSSR count). The molecule has 0 aliphatic heterocycles. The van der Waals surface area contributed by atoms with Gasteiger partial charge >= 0.3 is 12.1 Å². The number of carbonyl (C=O) groups excluding carboxylic acids is 2. The minimum atomic E-state index is -4.66. The van der Waals surface area contributed by atoms with Gasteiger partial charge in [0.2, 0.25) is 5.91 Å². The molecule has 1 aromatic carbocycles. The number of halogens is 4. The van der Waals surface area contributed by atoms with E-state index in [1.807, 2.05) is 0 Å². The minimum Gasteiger partial charge on any atom is -0.465 e. The number of ether oxygens (including phenoxy) is 1. The number of hydrogen-bond donors (Lipinski definition) is 1. The van der Waals surface area contributed by atoms with Gasteiger partial charge in [0, 0.05) is 5.02 Å². The number of furan rings is 1. The summed E-state index contributed by atoms with van der Waals surface area (Å²) in [7, 11) is 2.83. The lowest BCUT2D eigenvalue weighted by Gasteiger charge is -2.17. The number of carbonyl (C=O) groups is 2. The van der Waals surface area contributed by atoms with Gasteiger partial charge in [0.1, 0.15) is 17.1 Å². The Kier molecular flexibility index (Phi) is 6.73. The molecule has 152 valence electrons. The molecule has 0 radical (unpaired) electrons. The zero-order chi connectivity index (χ0) is 21.1. The Morgan fingerprint density at radius 3 is 2.57 bits per heavy atom. The zero-order valence-corrected chi connectivity index (χ0v) is 16.1. The Hall–Kier alpha value is -2.52. The number of amides is 1. The summed E-state index contributed by atoms with van der Waals surface area (Å²) in [6.45, 7) is 1.56. The summed E-state index contributed by atoms with van der Waals surface area (Å²) in [5.74, 6) is -0.409. The van der Waals surface area contributed by atoms with Crippen molar-refractivity contribution in [2.24, 2.45) is 0 Å². The lowest BCUT2D eigenvalue weighted by molar-refractivity contribution is -0.137. The summed E-state index contributed by atoms with van der Waals surface area (Å²) in [6.07, 6.45) is -4.66. The molecule has 0 aliphatic carbocycles. The van der Waals surface area contributed by atoms with Gasteiger partial charge in [0.05, 0.1) is 31.5 Å². The fourth-order valence-corrected chi connectivity index (χ4v) is 2.72. The fourth-order valence-electron chi connectivity index (χ4n) is 2.55. The van der Waals surface area contributed by atoms with Crippen molar-refractivity contribution in [3.05, 3.63) is 51.9 Å². The highest BCUT2D eigenvalue weighted by atomic mass is 35.5. The molecule has 28 heavy (non-hydrogen) atoms. The third-order valence-corrected chi connectivity index (χ3v) is 4.01. The second kappa shape index (κ2) is 8.66. The normalized spacial score (nSPS) is 11.6. The van der Waals surface area contributed by atoms with Crippen LogP contribution in [0.4, 0.5) is 18.9 Å². The average Bonchev–Trinajstić information content (AvgIpc) is 2.94. The Bertz CT molecular complexity index is 880. The number of hydrogen-bond acceptors (Lipinski definition) is 5. The van der Waals surface area contributed by atoms with E-state index in [9.17, 15) is 22.8 Å². The van der Waals surface area contributed by atoms with Crippen molar-refractivity contribution >= 4 is 29.2 Å². The first-order valence-corrected chi connectivity index (χ1v) is 8.41. The van der Waals surface area contributed by atoms with Gasteiger partial charge in [-0.2, -0.15) is 13.2 Å². The number of methoxy groups -OCH3 is 1. The molecule has 1 N–H and O–H groups in total. The first-order valence-electron chi connectivity index (χ1n) is 8.04. The summed E-state index contributed by atoms with van der Waals surface area (Å²) < 4.78 is 49.4. The van der Waals surface area contributed by atoms with Crippen LogP contribution < -0.4 is 5.32 Å². The number of rotatable bonds is 6. The topological polar surface area (TPSA) is 71.8 Å². The van der Waals surface area contributed by atoms with E-state index in [0.29, 0.717) is 11.5 Å². The maximum Gasteiger partial charge on any atom is 0.418 e. The molecular weight excluding hydrogens is 401 g/mol. The Morgan fingerprint density at radius 2 is 1.96 bits per heavy atom. The van der Waals surface area contributed by atoms with Crippen molar-refractivity contribution in [1.82, 2.24) is 4.90 Å². The van der Waals surface area contributed by atoms with Crippen LogP contribution in [0.15, 0.2) is 28.7 Å². The van der Waals surface area contributed by atoms with Gasteiger partial charge in [-0.1, -0.05) is 11.6 Å². The van der Waals surface area contributed by atoms with Crippen LogP contribution in [-0.4, -0.2) is 37.5 Å². The van der Waals surface area contributed by atoms with E-state index in [1.54, 1.807) is 14.0 Å². The van der Waals surface area contributed by atoms with Crippen molar-refractivity contribution in [2.45, 2.75) is 19.6 Å². The van der Waals surface area contributed by atoms with Crippen LogP contribution in [0, 0.1) is 6.92 Å². The molecule has 0 atom stereocenters. The molecule has 0 aliphatic rings. The molecule has 2 aromatic rings. The number of nitrogens with one attached hydrogen (secondary N) is 1. The molecule has 0 saturated heterocycles. The highest BCUT2D eigenvalue weighted by Crippen LogP contribution is 2.36. The highest BCUT2D eigenvalue weighted by molar-refractivity contribution is 6.30. The Morgan fingerprint density at radius 1 is 1.29 bits per heavy atom. The first-order chi connectivity index (χ1) is 13.0. The number of aryl methyl sites for hydroxylation is 1. The number of benzene rings is 1. The van der Waals surface area contributed by atoms with Gasteiger partial charge in [0.15, 0.2) is 0 Å². The van der Waals surface area contributed by atoms with E-state index < -0.39 is 23.6 Å². The third-order valence-electron chi connectivity index (χ3n) is 3.77. The lowest BCUT2D eigenvalue weighted by Crippen LogP contribution is -2.30. The van der Waals surface area contributed by atoms with E-state index in [1.165, 1.54) is 24.1 Å². The molecular formula is C18H18ClF3N2O4. The van der Waals surface area contributed by atoms with Crippen LogP contribution in [0.25, 0.3) is 0 Å². The first kappa shape index (κ1) is 21.8. The second-order valence-corrected chi connectivity index (χ2v) is 6.52. The average molecular weight is 419 g/mol. The fraction of sp³-hybridized carbons (Fsp3) is 0.333. The summed E-state index contributed by atoms with van der Waals surface area (Å²) in [5, 5.41) is 2.15. The summed E-state index contributed by atoms with van der Waals surface area (Å²) in [6, 6.07) is 4.61. The molecule has 1 heterocycles. The van der Waals surface area contributed by atoms with Crippen molar-refractivity contribution in [3.63, 3.8) is 0 Å². The van der Waals surface area contributed by atoms with Crippen LogP contribution in [0.3, 0.4) is 0 Å². The van der Waals surface area contributed by atoms with E-state index in [2.05, 4.69) is 10.1 Å². The van der Waals surface area contributed by atoms with Crippen molar-refractivity contribution in [1.29, 1.82) is 0 Å². The summed E-state index contributed by atoms with van der Waals surface area (Å²) in [5.41, 5.74) is -1.14. The lowest BCUT2D eigenvalue weighted by atomic mass is 10.1. The summed E-state index contributed by atoms with van der Waals surface area (Å²) in [4.78, 5) is 25.3. The smallest absolute Gasteiger partial charge is 0.418 e. The molecule has 0 spiro atoms. The molecule has 10 heteroatoms. The SMILES string of the molecule is COC(=O)c1cc(CN(C)CC(=O)Nc2ccc(Cl)cc2C(F)(F)F)oc1C. The van der Waals surface area contributed by atoms with Crippen LogP contribution in [0.5, 0.6) is 0 Å². The zero-order valence-electron chi connectivity index (χ0n) is 15.3. The van der Waals surface area contributed by atoms with E-state index in [0.717, 1.165) is 12.1 Å². The van der Waals surface area contributed by atoms with Crippen molar-refractivity contribution in [3.8, 4) is 0 Å². The third kappa shape index (κ3) is 5.49. The molecule has 0 unspecified atom stereocenters. The minimum absolute atomic E-state index is 0.0861. The number of alkyl halides is 3. The largest absolute Gasteiger partial charge is 0.465 e. The van der Waals surface area contributed by atoms with E-state index in [-0.39, 0.29) is 29.4 Å². The number of nitrogens with zero attached hydrogens (tertiary/aromatic N) is 1. The summed E-state index contributed by atoms with van der Waals surface area (Å²) >= 11 is 5.62. The maximum atomic E-state index is 13.1. The molecule has 0 fully saturated rings. The van der Waals surface area contributed by atoms with Gasteiger partial charge in [-0.25, -0.2) is 4.79 Å². The predicted molar refractivity (Wildman–Crippen MR) is 96.2 cm³/mol. The van der Waals surface area contributed by atoms with Crippen LogP contribution in [0.2, 0.25) is 5.02 Å². The van der Waals surface area contributed by atoms with E-state index >= 15 is 0 Å². The standard InChI is InChI=1S/C18H18ClF3N2O4/c1-10-13(17(26)27-3)7-12(28-10)8-24(2)9-16(25)23-15-5-4-11(19)6-14(15)18(20,21)22/h4-7H,8-9H2,1-3H3,(H,23,25). The van der Waals surface area contributed by atoms with Crippen molar-refractivity contribution in [2.75, 3.05) is 26.0 Å². The van der Waals surface area contributed by atoms with Gasteiger partial charge in [-0.15, -0.1) is 0 Å². The molecule has 1 aromatic heterocycles. The highest BCUT2D eigenvalue weighted by Gasteiger charge is 2.34. The van der Waals surface area contributed by atoms with Crippen LogP contribution in [-0.2, 0) is 22.3 Å². The number of esters is 1. The molecule has 6 nitrogen and oxygen atoms in total. The van der Waals surface area contributed by atoms with Gasteiger partial charge in [0.25, 0.3) is 0 Å².